The Morgan fingerprint density at radius 3 is 2.48 bits per heavy atom. The first-order chi connectivity index (χ1) is 14.1. The van der Waals surface area contributed by atoms with Gasteiger partial charge in [0, 0.05) is 13.0 Å². The van der Waals surface area contributed by atoms with E-state index in [0.29, 0.717) is 26.1 Å². The van der Waals surface area contributed by atoms with Crippen molar-refractivity contribution in [1.82, 2.24) is 4.90 Å². The molecular weight excluding hydrogens is 370 g/mol. The second-order valence-corrected chi connectivity index (χ2v) is 7.22. The third-order valence-corrected chi connectivity index (χ3v) is 5.14. The minimum Gasteiger partial charge on any atom is -0.497 e. The van der Waals surface area contributed by atoms with Crippen molar-refractivity contribution in [2.24, 2.45) is 5.92 Å². The quantitative estimate of drug-likeness (QED) is 0.493. The molecule has 1 N–H and O–H groups in total. The molecule has 0 aliphatic carbocycles. The fraction of sp³-hybridized carbons (Fsp3) is 0.391. The minimum atomic E-state index is -0.840. The Balaban J connectivity index is 1.44. The third kappa shape index (κ3) is 5.65. The molecule has 6 heteroatoms. The number of amides is 2. The molecular formula is C23H27NO5. The van der Waals surface area contributed by atoms with Crippen LogP contribution in [0.5, 0.6) is 5.75 Å². The zero-order valence-electron chi connectivity index (χ0n) is 16.6. The standard InChI is InChI=1S/C23H27NO5/c1-28-19-11-9-17(10-12-19)15-24-22(26)14-20(23(24)27)21(25)8-5-13-29-16-18-6-3-2-4-7-18/h2-4,6-7,9-12,20-21,25H,5,8,13-16H2,1H3/t20-,21+/m1/s1. The van der Waals surface area contributed by atoms with Gasteiger partial charge in [-0.3, -0.25) is 14.5 Å². The van der Waals surface area contributed by atoms with E-state index in [1.165, 1.54) is 4.90 Å². The van der Waals surface area contributed by atoms with E-state index >= 15 is 0 Å². The van der Waals surface area contributed by atoms with Crippen molar-refractivity contribution in [2.45, 2.75) is 38.5 Å². The number of aliphatic hydroxyl groups is 1. The van der Waals surface area contributed by atoms with Gasteiger partial charge in [0.25, 0.3) is 0 Å². The molecule has 3 rings (SSSR count). The van der Waals surface area contributed by atoms with Gasteiger partial charge < -0.3 is 14.6 Å². The monoisotopic (exact) mass is 397 g/mol. The van der Waals surface area contributed by atoms with E-state index in [9.17, 15) is 14.7 Å². The number of nitrogens with zero attached hydrogens (tertiary/aromatic N) is 1. The predicted octanol–water partition coefficient (Wildman–Crippen LogP) is 2.93. The third-order valence-electron chi connectivity index (χ3n) is 5.14. The van der Waals surface area contributed by atoms with E-state index in [1.807, 2.05) is 42.5 Å². The van der Waals surface area contributed by atoms with Gasteiger partial charge in [-0.15, -0.1) is 0 Å². The second-order valence-electron chi connectivity index (χ2n) is 7.22. The van der Waals surface area contributed by atoms with Gasteiger partial charge in [0.15, 0.2) is 0 Å². The molecule has 1 fully saturated rings. The van der Waals surface area contributed by atoms with Gasteiger partial charge in [-0.2, -0.15) is 0 Å². The van der Waals surface area contributed by atoms with Gasteiger partial charge in [0.2, 0.25) is 11.8 Å². The van der Waals surface area contributed by atoms with Crippen LogP contribution in [-0.4, -0.2) is 41.6 Å². The lowest BCUT2D eigenvalue weighted by molar-refractivity contribution is -0.141. The molecule has 1 aliphatic heterocycles. The lowest BCUT2D eigenvalue weighted by Crippen LogP contribution is -2.33. The lowest BCUT2D eigenvalue weighted by atomic mass is 9.97. The number of carbonyl (C=O) groups is 2. The topological polar surface area (TPSA) is 76.1 Å². The molecule has 1 aliphatic rings. The van der Waals surface area contributed by atoms with Gasteiger partial charge >= 0.3 is 0 Å². The highest BCUT2D eigenvalue weighted by Gasteiger charge is 2.42. The maximum Gasteiger partial charge on any atom is 0.235 e. The molecule has 2 aromatic rings. The van der Waals surface area contributed by atoms with Crippen molar-refractivity contribution >= 4 is 11.8 Å². The van der Waals surface area contributed by atoms with Crippen LogP contribution >= 0.6 is 0 Å². The summed E-state index contributed by atoms with van der Waals surface area (Å²) >= 11 is 0. The van der Waals surface area contributed by atoms with E-state index in [4.69, 9.17) is 9.47 Å². The average molecular weight is 397 g/mol. The van der Waals surface area contributed by atoms with Crippen molar-refractivity contribution in [3.8, 4) is 5.75 Å². The van der Waals surface area contributed by atoms with Gasteiger partial charge in [-0.05, 0) is 36.1 Å². The summed E-state index contributed by atoms with van der Waals surface area (Å²) in [4.78, 5) is 26.2. The summed E-state index contributed by atoms with van der Waals surface area (Å²) in [6.45, 7) is 1.23. The minimum absolute atomic E-state index is 0.0566. The molecule has 154 valence electrons. The molecule has 1 heterocycles. The van der Waals surface area contributed by atoms with Crippen LogP contribution in [0.1, 0.15) is 30.4 Å². The lowest BCUT2D eigenvalue weighted by Gasteiger charge is -2.18. The summed E-state index contributed by atoms with van der Waals surface area (Å²) < 4.78 is 10.7. The van der Waals surface area contributed by atoms with Crippen LogP contribution in [0.15, 0.2) is 54.6 Å². The van der Waals surface area contributed by atoms with Crippen LogP contribution < -0.4 is 4.74 Å². The number of benzene rings is 2. The van der Waals surface area contributed by atoms with E-state index in [1.54, 1.807) is 19.2 Å². The van der Waals surface area contributed by atoms with Crippen LogP contribution in [-0.2, 0) is 27.5 Å². The van der Waals surface area contributed by atoms with Crippen LogP contribution in [0, 0.1) is 5.92 Å². The Morgan fingerprint density at radius 2 is 1.79 bits per heavy atom. The summed E-state index contributed by atoms with van der Waals surface area (Å²) in [5.74, 6) is -0.496. The van der Waals surface area contributed by atoms with Crippen LogP contribution in [0.3, 0.4) is 0 Å². The number of aliphatic hydroxyl groups excluding tert-OH is 1. The normalized spacial score (nSPS) is 17.6. The molecule has 0 spiro atoms. The maximum absolute atomic E-state index is 12.6. The smallest absolute Gasteiger partial charge is 0.235 e. The molecule has 0 unspecified atom stereocenters. The van der Waals surface area contributed by atoms with Crippen molar-refractivity contribution < 1.29 is 24.2 Å². The summed E-state index contributed by atoms with van der Waals surface area (Å²) in [5, 5.41) is 10.4. The summed E-state index contributed by atoms with van der Waals surface area (Å²) in [6.07, 6.45) is 0.271. The van der Waals surface area contributed by atoms with Crippen molar-refractivity contribution in [2.75, 3.05) is 13.7 Å². The Bertz CT molecular complexity index is 806. The zero-order valence-corrected chi connectivity index (χ0v) is 16.6. The summed E-state index contributed by atoms with van der Waals surface area (Å²) in [5.41, 5.74) is 1.94. The Hall–Kier alpha value is -2.70. The van der Waals surface area contributed by atoms with Crippen LogP contribution in [0.2, 0.25) is 0 Å². The molecule has 0 saturated carbocycles. The van der Waals surface area contributed by atoms with Crippen molar-refractivity contribution in [3.63, 3.8) is 0 Å². The Kier molecular flexibility index (Phi) is 7.38. The Labute approximate surface area is 171 Å². The molecule has 0 aromatic heterocycles. The van der Waals surface area contributed by atoms with E-state index in [2.05, 4.69) is 0 Å². The molecule has 2 atom stereocenters. The molecule has 6 nitrogen and oxygen atoms in total. The highest BCUT2D eigenvalue weighted by Crippen LogP contribution is 2.27. The number of hydrogen-bond donors (Lipinski definition) is 1. The first-order valence-electron chi connectivity index (χ1n) is 9.85. The number of hydrogen-bond acceptors (Lipinski definition) is 5. The van der Waals surface area contributed by atoms with Gasteiger partial charge in [0.1, 0.15) is 5.75 Å². The molecule has 29 heavy (non-hydrogen) atoms. The average Bonchev–Trinajstić information content (AvgIpc) is 3.03. The van der Waals surface area contributed by atoms with Gasteiger partial charge in [-0.25, -0.2) is 0 Å². The molecule has 1 saturated heterocycles. The maximum atomic E-state index is 12.6. The van der Waals surface area contributed by atoms with Crippen molar-refractivity contribution in [3.05, 3.63) is 65.7 Å². The Morgan fingerprint density at radius 1 is 1.07 bits per heavy atom. The van der Waals surface area contributed by atoms with Gasteiger partial charge in [-0.1, -0.05) is 42.5 Å². The number of rotatable bonds is 10. The number of ether oxygens (including phenoxy) is 2. The summed E-state index contributed by atoms with van der Waals surface area (Å²) in [6, 6.07) is 17.1. The fourth-order valence-corrected chi connectivity index (χ4v) is 3.45. The summed E-state index contributed by atoms with van der Waals surface area (Å²) in [7, 11) is 1.58. The van der Waals surface area contributed by atoms with Crippen LogP contribution in [0.25, 0.3) is 0 Å². The fourth-order valence-electron chi connectivity index (χ4n) is 3.45. The highest BCUT2D eigenvalue weighted by atomic mass is 16.5. The number of likely N-dealkylation sites (tertiary alicyclic amines) is 1. The largest absolute Gasteiger partial charge is 0.497 e. The highest BCUT2D eigenvalue weighted by molar-refractivity contribution is 6.03. The predicted molar refractivity (Wildman–Crippen MR) is 108 cm³/mol. The number of methoxy groups -OCH3 is 1. The van der Waals surface area contributed by atoms with Gasteiger partial charge in [0.05, 0.1) is 32.3 Å². The first kappa shape index (κ1) is 21.0. The van der Waals surface area contributed by atoms with Crippen molar-refractivity contribution in [1.29, 1.82) is 0 Å². The number of imide groups is 1. The molecule has 0 bridgehead atoms. The van der Waals surface area contributed by atoms with E-state index < -0.39 is 12.0 Å². The van der Waals surface area contributed by atoms with E-state index in [-0.39, 0.29) is 24.8 Å². The first-order valence-corrected chi connectivity index (χ1v) is 9.85. The molecule has 0 radical (unpaired) electrons. The van der Waals surface area contributed by atoms with E-state index in [0.717, 1.165) is 16.9 Å². The molecule has 2 aromatic carbocycles. The SMILES string of the molecule is COc1ccc(CN2C(=O)C[C@H]([C@@H](O)CCCOCc3ccccc3)C2=O)cc1. The van der Waals surface area contributed by atoms with Crippen LogP contribution in [0.4, 0.5) is 0 Å². The number of carbonyl (C=O) groups excluding carboxylic acids is 2. The second kappa shape index (κ2) is 10.2. The zero-order chi connectivity index (χ0) is 20.6. The molecule has 2 amide bonds.